The average Bonchev–Trinajstić information content (AvgIpc) is 2.72. The highest BCUT2D eigenvalue weighted by Gasteiger charge is 2.52. The fourth-order valence-corrected chi connectivity index (χ4v) is 4.97. The molecule has 0 radical (unpaired) electrons. The fraction of sp³-hybridized carbons (Fsp3) is 0.680. The maximum absolute atomic E-state index is 14.0. The number of nitrogens with zero attached hydrogens (tertiary/aromatic N) is 1. The van der Waals surface area contributed by atoms with Crippen molar-refractivity contribution >= 4 is 23.5 Å². The van der Waals surface area contributed by atoms with Crippen molar-refractivity contribution in [3.05, 3.63) is 34.9 Å². The van der Waals surface area contributed by atoms with Crippen LogP contribution < -0.4 is 0 Å². The molecule has 1 aromatic carbocycles. The molecule has 178 valence electrons. The minimum atomic E-state index is -0.655. The lowest BCUT2D eigenvalue weighted by molar-refractivity contribution is -0.174. The number of hydrogen-bond donors (Lipinski definition) is 0. The first-order chi connectivity index (χ1) is 15.3. The first-order valence-corrected chi connectivity index (χ1v) is 12.2. The number of piperidine rings is 1. The topological polar surface area (TPSA) is 65.1 Å². The third-order valence-corrected chi connectivity index (χ3v) is 6.82. The summed E-state index contributed by atoms with van der Waals surface area (Å²) < 4.78 is 17.0. The third-order valence-electron chi connectivity index (χ3n) is 6.57. The first kappa shape index (κ1) is 25.0. The summed E-state index contributed by atoms with van der Waals surface area (Å²) >= 11 is 6.09. The van der Waals surface area contributed by atoms with Crippen LogP contribution in [0.1, 0.15) is 65.4 Å². The Balaban J connectivity index is 1.86. The highest BCUT2D eigenvalue weighted by Crippen LogP contribution is 2.46. The minimum absolute atomic E-state index is 0.0133. The van der Waals surface area contributed by atoms with Crippen molar-refractivity contribution in [1.82, 2.24) is 4.90 Å². The molecule has 0 N–H and O–H groups in total. The molecule has 0 bridgehead atoms. The molecular formula is C25H36ClNO5. The average molecular weight is 466 g/mol. The summed E-state index contributed by atoms with van der Waals surface area (Å²) in [4.78, 5) is 29.0. The normalized spacial score (nSPS) is 23.5. The Hall–Kier alpha value is -1.63. The van der Waals surface area contributed by atoms with Gasteiger partial charge in [-0.2, -0.15) is 0 Å². The van der Waals surface area contributed by atoms with Crippen LogP contribution in [0, 0.1) is 5.92 Å². The van der Waals surface area contributed by atoms with Crippen LogP contribution >= 0.6 is 11.6 Å². The number of esters is 1. The summed E-state index contributed by atoms with van der Waals surface area (Å²) in [6.07, 6.45) is 3.55. The number of halogens is 1. The first-order valence-electron chi connectivity index (χ1n) is 11.8. The third kappa shape index (κ3) is 5.46. The molecule has 1 saturated heterocycles. The second kappa shape index (κ2) is 11.0. The van der Waals surface area contributed by atoms with Gasteiger partial charge in [-0.3, -0.25) is 4.79 Å². The zero-order chi connectivity index (χ0) is 23.3. The number of carbonyl (C=O) groups is 2. The second-order valence-corrected chi connectivity index (χ2v) is 9.57. The summed E-state index contributed by atoms with van der Waals surface area (Å²) in [6, 6.07) is 6.88. The van der Waals surface area contributed by atoms with Gasteiger partial charge in [0, 0.05) is 24.1 Å². The predicted molar refractivity (Wildman–Crippen MR) is 123 cm³/mol. The van der Waals surface area contributed by atoms with Crippen molar-refractivity contribution in [2.75, 3.05) is 19.8 Å². The van der Waals surface area contributed by atoms with Crippen molar-refractivity contribution in [2.45, 2.75) is 83.6 Å². The van der Waals surface area contributed by atoms with Gasteiger partial charge in [-0.05, 0) is 71.1 Å². The van der Waals surface area contributed by atoms with Crippen molar-refractivity contribution in [1.29, 1.82) is 0 Å². The van der Waals surface area contributed by atoms with Gasteiger partial charge in [0.1, 0.15) is 6.04 Å². The van der Waals surface area contributed by atoms with Gasteiger partial charge in [-0.1, -0.05) is 30.2 Å². The number of amides is 1. The van der Waals surface area contributed by atoms with E-state index in [1.54, 1.807) is 4.90 Å². The molecule has 3 rings (SSSR count). The zero-order valence-electron chi connectivity index (χ0n) is 19.6. The van der Waals surface area contributed by atoms with Gasteiger partial charge in [-0.25, -0.2) is 4.79 Å². The SMILES string of the molecule is CCOC(C)OC[C@@H]1CCCN(C(=O)C2(c3ccc(Cl)cc3)CCC2)[C@@H]1C(=O)OC(C)C. The van der Waals surface area contributed by atoms with Crippen LogP contribution in [-0.4, -0.2) is 55.0 Å². The molecule has 1 aliphatic carbocycles. The highest BCUT2D eigenvalue weighted by molar-refractivity contribution is 6.30. The van der Waals surface area contributed by atoms with E-state index in [0.29, 0.717) is 24.8 Å². The van der Waals surface area contributed by atoms with E-state index in [2.05, 4.69) is 0 Å². The van der Waals surface area contributed by atoms with E-state index in [-0.39, 0.29) is 30.2 Å². The Bertz CT molecular complexity index is 777. The van der Waals surface area contributed by atoms with Gasteiger partial charge in [-0.15, -0.1) is 0 Å². The molecule has 3 atom stereocenters. The van der Waals surface area contributed by atoms with Crippen molar-refractivity contribution in [2.24, 2.45) is 5.92 Å². The van der Waals surface area contributed by atoms with Crippen LogP contribution in [0.3, 0.4) is 0 Å². The minimum Gasteiger partial charge on any atom is -0.461 e. The number of likely N-dealkylation sites (tertiary alicyclic amines) is 1. The molecule has 1 aromatic rings. The van der Waals surface area contributed by atoms with Gasteiger partial charge in [0.15, 0.2) is 6.29 Å². The van der Waals surface area contributed by atoms with Gasteiger partial charge < -0.3 is 19.1 Å². The van der Waals surface area contributed by atoms with Crippen LogP contribution in [0.5, 0.6) is 0 Å². The van der Waals surface area contributed by atoms with Gasteiger partial charge in [0.2, 0.25) is 5.91 Å². The maximum atomic E-state index is 14.0. The van der Waals surface area contributed by atoms with Gasteiger partial charge in [0.05, 0.1) is 18.1 Å². The van der Waals surface area contributed by atoms with E-state index in [1.165, 1.54) is 0 Å². The quantitative estimate of drug-likeness (QED) is 0.390. The molecule has 0 spiro atoms. The lowest BCUT2D eigenvalue weighted by Gasteiger charge is -2.48. The molecule has 0 aromatic heterocycles. The van der Waals surface area contributed by atoms with Gasteiger partial charge >= 0.3 is 5.97 Å². The Morgan fingerprint density at radius 3 is 2.38 bits per heavy atom. The van der Waals surface area contributed by atoms with Gasteiger partial charge in [0.25, 0.3) is 0 Å². The largest absolute Gasteiger partial charge is 0.461 e. The van der Waals surface area contributed by atoms with Crippen molar-refractivity contribution in [3.8, 4) is 0 Å². The molecule has 1 unspecified atom stereocenters. The van der Waals surface area contributed by atoms with Crippen LogP contribution in [0.4, 0.5) is 0 Å². The number of rotatable bonds is 9. The lowest BCUT2D eigenvalue weighted by Crippen LogP contribution is -2.60. The molecule has 1 saturated carbocycles. The fourth-order valence-electron chi connectivity index (χ4n) is 4.84. The summed E-state index contributed by atoms with van der Waals surface area (Å²) in [5.41, 5.74) is 0.375. The van der Waals surface area contributed by atoms with Crippen LogP contribution in [-0.2, 0) is 29.2 Å². The van der Waals surface area contributed by atoms with Crippen molar-refractivity contribution in [3.63, 3.8) is 0 Å². The maximum Gasteiger partial charge on any atom is 0.329 e. The molecular weight excluding hydrogens is 430 g/mol. The lowest BCUT2D eigenvalue weighted by atomic mass is 9.63. The van der Waals surface area contributed by atoms with Crippen molar-refractivity contribution < 1.29 is 23.8 Å². The van der Waals surface area contributed by atoms with E-state index in [9.17, 15) is 9.59 Å². The van der Waals surface area contributed by atoms with E-state index in [1.807, 2.05) is 52.0 Å². The molecule has 1 aliphatic heterocycles. The highest BCUT2D eigenvalue weighted by atomic mass is 35.5. The number of ether oxygens (including phenoxy) is 3. The monoisotopic (exact) mass is 465 g/mol. The number of hydrogen-bond acceptors (Lipinski definition) is 5. The van der Waals surface area contributed by atoms with E-state index < -0.39 is 11.5 Å². The predicted octanol–water partition coefficient (Wildman–Crippen LogP) is 4.72. The molecule has 2 fully saturated rings. The smallest absolute Gasteiger partial charge is 0.329 e. The van der Waals surface area contributed by atoms with E-state index in [4.69, 9.17) is 25.8 Å². The van der Waals surface area contributed by atoms with Crippen LogP contribution in [0.15, 0.2) is 24.3 Å². The molecule has 2 aliphatic rings. The summed E-state index contributed by atoms with van der Waals surface area (Å²) in [5.74, 6) is -0.472. The Morgan fingerprint density at radius 2 is 1.81 bits per heavy atom. The molecule has 1 heterocycles. The molecule has 6 nitrogen and oxygen atoms in total. The Labute approximate surface area is 196 Å². The molecule has 1 amide bonds. The van der Waals surface area contributed by atoms with E-state index >= 15 is 0 Å². The van der Waals surface area contributed by atoms with Crippen LogP contribution in [0.2, 0.25) is 5.02 Å². The number of benzene rings is 1. The van der Waals surface area contributed by atoms with E-state index in [0.717, 1.165) is 37.7 Å². The Morgan fingerprint density at radius 1 is 1.12 bits per heavy atom. The Kier molecular flexibility index (Phi) is 8.59. The second-order valence-electron chi connectivity index (χ2n) is 9.13. The summed E-state index contributed by atoms with van der Waals surface area (Å²) in [7, 11) is 0. The summed E-state index contributed by atoms with van der Waals surface area (Å²) in [6.45, 7) is 8.87. The van der Waals surface area contributed by atoms with Crippen LogP contribution in [0.25, 0.3) is 0 Å². The molecule has 32 heavy (non-hydrogen) atoms. The number of carbonyl (C=O) groups excluding carboxylic acids is 2. The zero-order valence-corrected chi connectivity index (χ0v) is 20.4. The molecule has 7 heteroatoms. The summed E-state index contributed by atoms with van der Waals surface area (Å²) in [5, 5.41) is 0.646. The standard InChI is InChI=1S/C25H36ClNO5/c1-5-30-18(4)31-16-19-8-6-15-27(22(19)23(28)32-17(2)3)24(29)25(13-7-14-25)20-9-11-21(26)12-10-20/h9-12,17-19,22H,5-8,13-16H2,1-4H3/t18?,19-,22-/m0/s1.